The second-order valence-corrected chi connectivity index (χ2v) is 5.59. The third kappa shape index (κ3) is 2.38. The molecular formula is C16H9BrF2O2. The lowest BCUT2D eigenvalue weighted by molar-refractivity contribution is 0.100. The van der Waals surface area contributed by atoms with Gasteiger partial charge in [0.15, 0.2) is 5.76 Å². The van der Waals surface area contributed by atoms with Gasteiger partial charge in [0.05, 0.1) is 5.56 Å². The molecule has 5 heteroatoms. The van der Waals surface area contributed by atoms with Crippen LogP contribution in [0.2, 0.25) is 0 Å². The van der Waals surface area contributed by atoms with Gasteiger partial charge in [-0.15, -0.1) is 0 Å². The molecule has 0 amide bonds. The monoisotopic (exact) mass is 350 g/mol. The molecule has 0 saturated carbocycles. The summed E-state index contributed by atoms with van der Waals surface area (Å²) in [7, 11) is 0. The van der Waals surface area contributed by atoms with Crippen molar-refractivity contribution >= 4 is 32.7 Å². The first kappa shape index (κ1) is 13.9. The van der Waals surface area contributed by atoms with E-state index in [1.165, 1.54) is 12.1 Å². The summed E-state index contributed by atoms with van der Waals surface area (Å²) in [4.78, 5) is 12.3. The lowest BCUT2D eigenvalue weighted by Crippen LogP contribution is -2.06. The Bertz CT molecular complexity index is 848. The van der Waals surface area contributed by atoms with Crippen LogP contribution in [0.1, 0.15) is 21.7 Å². The highest BCUT2D eigenvalue weighted by Crippen LogP contribution is 2.28. The van der Waals surface area contributed by atoms with Gasteiger partial charge in [0, 0.05) is 9.86 Å². The molecule has 0 N–H and O–H groups in total. The fourth-order valence-electron chi connectivity index (χ4n) is 2.23. The Labute approximate surface area is 127 Å². The number of fused-ring (bicyclic) bond motifs is 1. The Morgan fingerprint density at radius 3 is 2.48 bits per heavy atom. The molecule has 0 aliphatic rings. The SMILES string of the molecule is Cc1cc(Br)cc2cc(C(=O)c3c(F)cccc3F)oc12. The molecule has 0 fully saturated rings. The molecule has 0 aliphatic heterocycles. The summed E-state index contributed by atoms with van der Waals surface area (Å²) in [6.07, 6.45) is 0. The summed E-state index contributed by atoms with van der Waals surface area (Å²) in [6.45, 7) is 1.83. The lowest BCUT2D eigenvalue weighted by atomic mass is 10.1. The van der Waals surface area contributed by atoms with E-state index in [0.29, 0.717) is 11.0 Å². The molecule has 106 valence electrons. The summed E-state index contributed by atoms with van der Waals surface area (Å²) >= 11 is 3.35. The number of rotatable bonds is 2. The van der Waals surface area contributed by atoms with Crippen LogP contribution in [0.5, 0.6) is 0 Å². The van der Waals surface area contributed by atoms with Crippen LogP contribution in [0.3, 0.4) is 0 Å². The van der Waals surface area contributed by atoms with E-state index < -0.39 is 23.0 Å². The van der Waals surface area contributed by atoms with Crippen molar-refractivity contribution in [3.05, 3.63) is 69.4 Å². The molecule has 0 atom stereocenters. The van der Waals surface area contributed by atoms with Crippen molar-refractivity contribution in [2.75, 3.05) is 0 Å². The van der Waals surface area contributed by atoms with Gasteiger partial charge in [-0.25, -0.2) is 8.78 Å². The van der Waals surface area contributed by atoms with E-state index in [1.54, 1.807) is 6.07 Å². The Hall–Kier alpha value is -2.01. The first-order valence-corrected chi connectivity index (χ1v) is 6.95. The van der Waals surface area contributed by atoms with Gasteiger partial charge >= 0.3 is 0 Å². The van der Waals surface area contributed by atoms with Crippen LogP contribution in [0.4, 0.5) is 8.78 Å². The number of halogens is 3. The van der Waals surface area contributed by atoms with Crippen LogP contribution in [0.25, 0.3) is 11.0 Å². The predicted molar refractivity (Wildman–Crippen MR) is 78.4 cm³/mol. The fraction of sp³-hybridized carbons (Fsp3) is 0.0625. The highest BCUT2D eigenvalue weighted by molar-refractivity contribution is 9.10. The van der Waals surface area contributed by atoms with Crippen molar-refractivity contribution in [1.29, 1.82) is 0 Å². The van der Waals surface area contributed by atoms with Crippen LogP contribution in [-0.2, 0) is 0 Å². The van der Waals surface area contributed by atoms with Gasteiger partial charge in [-0.2, -0.15) is 0 Å². The van der Waals surface area contributed by atoms with Crippen molar-refractivity contribution < 1.29 is 18.0 Å². The van der Waals surface area contributed by atoms with E-state index in [2.05, 4.69) is 15.9 Å². The van der Waals surface area contributed by atoms with Crippen molar-refractivity contribution in [1.82, 2.24) is 0 Å². The number of furan rings is 1. The second kappa shape index (κ2) is 5.07. The summed E-state index contributed by atoms with van der Waals surface area (Å²) in [5, 5.41) is 0.696. The lowest BCUT2D eigenvalue weighted by Gasteiger charge is -2.01. The van der Waals surface area contributed by atoms with E-state index in [-0.39, 0.29) is 5.76 Å². The maximum Gasteiger partial charge on any atom is 0.234 e. The van der Waals surface area contributed by atoms with E-state index >= 15 is 0 Å². The molecular weight excluding hydrogens is 342 g/mol. The summed E-state index contributed by atoms with van der Waals surface area (Å²) in [6, 6.07) is 8.40. The van der Waals surface area contributed by atoms with Crippen LogP contribution >= 0.6 is 15.9 Å². The summed E-state index contributed by atoms with van der Waals surface area (Å²) in [5.41, 5.74) is 0.749. The van der Waals surface area contributed by atoms with Crippen molar-refractivity contribution in [3.8, 4) is 0 Å². The predicted octanol–water partition coefficient (Wildman–Crippen LogP) is 5.01. The zero-order valence-corrected chi connectivity index (χ0v) is 12.5. The smallest absolute Gasteiger partial charge is 0.234 e. The molecule has 1 aromatic heterocycles. The quantitative estimate of drug-likeness (QED) is 0.608. The molecule has 3 aromatic rings. The van der Waals surface area contributed by atoms with E-state index in [1.807, 2.05) is 13.0 Å². The minimum atomic E-state index is -0.904. The average Bonchev–Trinajstić information content (AvgIpc) is 2.82. The Morgan fingerprint density at radius 2 is 1.81 bits per heavy atom. The number of ketones is 1. The number of carbonyl (C=O) groups excluding carboxylic acids is 1. The van der Waals surface area contributed by atoms with E-state index in [0.717, 1.165) is 22.2 Å². The van der Waals surface area contributed by atoms with Crippen molar-refractivity contribution in [3.63, 3.8) is 0 Å². The topological polar surface area (TPSA) is 30.2 Å². The molecule has 0 unspecified atom stereocenters. The summed E-state index contributed by atoms with van der Waals surface area (Å²) in [5.74, 6) is -2.70. The van der Waals surface area contributed by atoms with Gasteiger partial charge in [-0.05, 0) is 42.8 Å². The molecule has 1 heterocycles. The van der Waals surface area contributed by atoms with Gasteiger partial charge in [-0.1, -0.05) is 22.0 Å². The number of hydrogen-bond donors (Lipinski definition) is 0. The van der Waals surface area contributed by atoms with Crippen molar-refractivity contribution in [2.24, 2.45) is 0 Å². The average molecular weight is 351 g/mol. The van der Waals surface area contributed by atoms with Crippen molar-refractivity contribution in [2.45, 2.75) is 6.92 Å². The van der Waals surface area contributed by atoms with Gasteiger partial charge in [-0.3, -0.25) is 4.79 Å². The highest BCUT2D eigenvalue weighted by atomic mass is 79.9. The third-order valence-electron chi connectivity index (χ3n) is 3.18. The van der Waals surface area contributed by atoms with Gasteiger partial charge in [0.25, 0.3) is 0 Å². The first-order valence-electron chi connectivity index (χ1n) is 6.16. The van der Waals surface area contributed by atoms with Gasteiger partial charge < -0.3 is 4.42 Å². The number of carbonyl (C=O) groups is 1. The minimum absolute atomic E-state index is 0.0878. The number of aryl methyl sites for hydroxylation is 1. The first-order chi connectivity index (χ1) is 9.97. The molecule has 3 rings (SSSR count). The van der Waals surface area contributed by atoms with Crippen LogP contribution < -0.4 is 0 Å². The fourth-order valence-corrected chi connectivity index (χ4v) is 2.82. The molecule has 2 nitrogen and oxygen atoms in total. The second-order valence-electron chi connectivity index (χ2n) is 4.68. The van der Waals surface area contributed by atoms with Crippen LogP contribution in [0.15, 0.2) is 45.3 Å². The van der Waals surface area contributed by atoms with E-state index in [4.69, 9.17) is 4.42 Å². The Kier molecular flexibility index (Phi) is 3.37. The van der Waals surface area contributed by atoms with Gasteiger partial charge in [0.2, 0.25) is 5.78 Å². The molecule has 0 aliphatic carbocycles. The normalized spacial score (nSPS) is 11.0. The Morgan fingerprint density at radius 1 is 1.14 bits per heavy atom. The molecule has 0 bridgehead atoms. The number of benzene rings is 2. The standard InChI is InChI=1S/C16H9BrF2O2/c1-8-5-10(17)6-9-7-13(21-16(8)9)15(20)14-11(18)3-2-4-12(14)19/h2-7H,1H3. The Balaban J connectivity index is 2.17. The molecule has 0 radical (unpaired) electrons. The van der Waals surface area contributed by atoms with Gasteiger partial charge in [0.1, 0.15) is 17.2 Å². The number of hydrogen-bond acceptors (Lipinski definition) is 2. The molecule has 0 spiro atoms. The highest BCUT2D eigenvalue weighted by Gasteiger charge is 2.22. The molecule has 0 saturated heterocycles. The maximum atomic E-state index is 13.7. The minimum Gasteiger partial charge on any atom is -0.452 e. The molecule has 2 aromatic carbocycles. The van der Waals surface area contributed by atoms with E-state index in [9.17, 15) is 13.6 Å². The summed E-state index contributed by atoms with van der Waals surface area (Å²) < 4.78 is 33.7. The van der Waals surface area contributed by atoms with Crippen LogP contribution in [-0.4, -0.2) is 5.78 Å². The zero-order chi connectivity index (χ0) is 15.1. The molecule has 21 heavy (non-hydrogen) atoms. The zero-order valence-electron chi connectivity index (χ0n) is 10.9. The van der Waals surface area contributed by atoms with Crippen LogP contribution in [0, 0.1) is 18.6 Å². The maximum absolute atomic E-state index is 13.7. The largest absolute Gasteiger partial charge is 0.452 e. The third-order valence-corrected chi connectivity index (χ3v) is 3.64.